The summed E-state index contributed by atoms with van der Waals surface area (Å²) in [5.74, 6) is -1.01. The average molecular weight is 446 g/mol. The Morgan fingerprint density at radius 2 is 1.65 bits per heavy atom. The van der Waals surface area contributed by atoms with Gasteiger partial charge in [0.05, 0.1) is 16.3 Å². The highest BCUT2D eigenvalue weighted by Gasteiger charge is 2.36. The van der Waals surface area contributed by atoms with Crippen LogP contribution < -0.4 is 10.6 Å². The van der Waals surface area contributed by atoms with Crippen molar-refractivity contribution in [1.29, 1.82) is 0 Å². The third-order valence-electron chi connectivity index (χ3n) is 4.82. The molecular formula is C23H28ClN3O4. The maximum atomic E-state index is 13.0. The number of aryl methyl sites for hydroxylation is 1. The van der Waals surface area contributed by atoms with E-state index in [1.54, 1.807) is 58.0 Å². The summed E-state index contributed by atoms with van der Waals surface area (Å²) in [6.45, 7) is 8.76. The minimum absolute atomic E-state index is 0.105. The predicted molar refractivity (Wildman–Crippen MR) is 123 cm³/mol. The number of nitrogens with one attached hydrogen (secondary N) is 2. The molecule has 0 radical (unpaired) electrons. The number of hydrogen-bond donors (Lipinski definition) is 3. The van der Waals surface area contributed by atoms with Gasteiger partial charge in [-0.2, -0.15) is 0 Å². The molecule has 2 aromatic rings. The summed E-state index contributed by atoms with van der Waals surface area (Å²) in [6.07, 6.45) is -0.932. The van der Waals surface area contributed by atoms with Gasteiger partial charge in [-0.3, -0.25) is 14.5 Å². The van der Waals surface area contributed by atoms with Crippen molar-refractivity contribution in [3.8, 4) is 0 Å². The van der Waals surface area contributed by atoms with Gasteiger partial charge in [0.1, 0.15) is 6.04 Å². The summed E-state index contributed by atoms with van der Waals surface area (Å²) in [6, 6.07) is 11.1. The Bertz CT molecular complexity index is 985. The summed E-state index contributed by atoms with van der Waals surface area (Å²) in [7, 11) is 0. The van der Waals surface area contributed by atoms with Crippen LogP contribution in [0.3, 0.4) is 0 Å². The van der Waals surface area contributed by atoms with Gasteiger partial charge in [0.15, 0.2) is 0 Å². The third-order valence-corrected chi connectivity index (χ3v) is 5.14. The van der Waals surface area contributed by atoms with Crippen molar-refractivity contribution in [3.05, 3.63) is 58.6 Å². The van der Waals surface area contributed by atoms with Crippen LogP contribution in [0.25, 0.3) is 0 Å². The van der Waals surface area contributed by atoms with E-state index in [-0.39, 0.29) is 22.7 Å². The first-order valence-electron chi connectivity index (χ1n) is 9.96. The maximum absolute atomic E-state index is 13.0. The Hall–Kier alpha value is -3.06. The zero-order chi connectivity index (χ0) is 23.3. The first-order chi connectivity index (χ1) is 14.5. The van der Waals surface area contributed by atoms with Gasteiger partial charge in [0, 0.05) is 11.2 Å². The van der Waals surface area contributed by atoms with Gasteiger partial charge in [0.25, 0.3) is 5.91 Å². The molecule has 8 heteroatoms. The normalized spacial score (nSPS) is 12.1. The van der Waals surface area contributed by atoms with Gasteiger partial charge in [0.2, 0.25) is 5.91 Å². The molecule has 0 saturated carbocycles. The molecule has 3 amide bonds. The van der Waals surface area contributed by atoms with E-state index in [4.69, 9.17) is 11.6 Å². The van der Waals surface area contributed by atoms with Crippen LogP contribution in [0.5, 0.6) is 0 Å². The monoisotopic (exact) mass is 445 g/mol. The van der Waals surface area contributed by atoms with Gasteiger partial charge in [-0.1, -0.05) is 42.8 Å². The lowest BCUT2D eigenvalue weighted by Crippen LogP contribution is -2.55. The van der Waals surface area contributed by atoms with E-state index in [1.807, 2.05) is 19.1 Å². The summed E-state index contributed by atoms with van der Waals surface area (Å²) in [4.78, 5) is 39.0. The lowest BCUT2D eigenvalue weighted by Gasteiger charge is -2.38. The number of anilines is 2. The van der Waals surface area contributed by atoms with Crippen molar-refractivity contribution in [2.75, 3.05) is 10.6 Å². The molecule has 166 valence electrons. The summed E-state index contributed by atoms with van der Waals surface area (Å²) < 4.78 is 0. The molecule has 3 N–H and O–H groups in total. The second-order valence-corrected chi connectivity index (χ2v) is 8.58. The van der Waals surface area contributed by atoms with Crippen molar-refractivity contribution >= 4 is 40.9 Å². The minimum atomic E-state index is -1.20. The molecule has 0 aliphatic carbocycles. The summed E-state index contributed by atoms with van der Waals surface area (Å²) in [5.41, 5.74) is 1.03. The Balaban J connectivity index is 2.36. The summed E-state index contributed by atoms with van der Waals surface area (Å²) in [5, 5.41) is 15.3. The number of para-hydroxylation sites is 1. The molecule has 7 nitrogen and oxygen atoms in total. The number of halogens is 1. The quantitative estimate of drug-likeness (QED) is 0.554. The lowest BCUT2D eigenvalue weighted by atomic mass is 10.0. The van der Waals surface area contributed by atoms with Crippen molar-refractivity contribution in [3.63, 3.8) is 0 Å². The topological polar surface area (TPSA) is 98.7 Å². The Labute approximate surface area is 187 Å². The van der Waals surface area contributed by atoms with Gasteiger partial charge in [-0.15, -0.1) is 0 Å². The van der Waals surface area contributed by atoms with Crippen molar-refractivity contribution in [2.24, 2.45) is 0 Å². The molecule has 0 aliphatic rings. The molecule has 0 unspecified atom stereocenters. The number of amides is 3. The van der Waals surface area contributed by atoms with Crippen LogP contribution in [0, 0.1) is 6.92 Å². The number of rotatable bonds is 6. The fourth-order valence-corrected chi connectivity index (χ4v) is 3.61. The van der Waals surface area contributed by atoms with Crippen LogP contribution in [0.15, 0.2) is 42.5 Å². The van der Waals surface area contributed by atoms with Gasteiger partial charge in [-0.05, 0) is 57.9 Å². The molecule has 0 aromatic heterocycles. The zero-order valence-electron chi connectivity index (χ0n) is 18.3. The first-order valence-corrected chi connectivity index (χ1v) is 10.3. The number of carbonyl (C=O) groups is 3. The van der Waals surface area contributed by atoms with Crippen LogP contribution >= 0.6 is 11.6 Å². The SMILES string of the molecule is CC[C@@H](C(=O)Nc1cccc(Cl)c1C(=O)Nc1ccccc1C)N(C(=O)O)C(C)(C)C. The molecular weight excluding hydrogens is 418 g/mol. The molecule has 0 heterocycles. The van der Waals surface area contributed by atoms with Gasteiger partial charge in [-0.25, -0.2) is 4.79 Å². The highest BCUT2D eigenvalue weighted by molar-refractivity contribution is 6.35. The molecule has 31 heavy (non-hydrogen) atoms. The Morgan fingerprint density at radius 1 is 1.03 bits per heavy atom. The fraction of sp³-hybridized carbons (Fsp3) is 0.348. The third kappa shape index (κ3) is 5.76. The lowest BCUT2D eigenvalue weighted by molar-refractivity contribution is -0.122. The standard InChI is InChI=1S/C23H28ClN3O4/c1-6-18(27(22(30)31)23(3,4)5)20(28)26-17-13-9-11-15(24)19(17)21(29)25-16-12-8-7-10-14(16)2/h7-13,18H,6H2,1-5H3,(H,25,29)(H,26,28)(H,30,31)/t18-/m0/s1. The van der Waals surface area contributed by atoms with Crippen LogP contribution in [0.2, 0.25) is 5.02 Å². The molecule has 0 saturated heterocycles. The van der Waals surface area contributed by atoms with Crippen molar-refractivity contribution in [1.82, 2.24) is 4.90 Å². The Kier molecular flexibility index (Phi) is 7.68. The Morgan fingerprint density at radius 3 is 2.19 bits per heavy atom. The minimum Gasteiger partial charge on any atom is -0.465 e. The average Bonchev–Trinajstić information content (AvgIpc) is 2.66. The molecule has 0 aliphatic heterocycles. The van der Waals surface area contributed by atoms with Gasteiger partial charge >= 0.3 is 6.09 Å². The van der Waals surface area contributed by atoms with E-state index in [2.05, 4.69) is 10.6 Å². The predicted octanol–water partition coefficient (Wildman–Crippen LogP) is 5.40. The molecule has 0 fully saturated rings. The van der Waals surface area contributed by atoms with E-state index in [0.29, 0.717) is 5.69 Å². The van der Waals surface area contributed by atoms with Crippen LogP contribution in [0.4, 0.5) is 16.2 Å². The van der Waals surface area contributed by atoms with E-state index >= 15 is 0 Å². The fourth-order valence-electron chi connectivity index (χ4n) is 3.35. The van der Waals surface area contributed by atoms with Crippen molar-refractivity contribution in [2.45, 2.75) is 52.6 Å². The molecule has 2 aromatic carbocycles. The first kappa shape index (κ1) is 24.2. The largest absolute Gasteiger partial charge is 0.465 e. The second kappa shape index (κ2) is 9.83. The number of nitrogens with zero attached hydrogens (tertiary/aromatic N) is 1. The van der Waals surface area contributed by atoms with Crippen LogP contribution in [0.1, 0.15) is 50.0 Å². The van der Waals surface area contributed by atoms with Gasteiger partial charge < -0.3 is 15.7 Å². The number of carboxylic acid groups (broad SMARTS) is 1. The summed E-state index contributed by atoms with van der Waals surface area (Å²) >= 11 is 6.30. The number of carbonyl (C=O) groups excluding carboxylic acids is 2. The van der Waals surface area contributed by atoms with E-state index in [9.17, 15) is 19.5 Å². The van der Waals surface area contributed by atoms with Crippen molar-refractivity contribution < 1.29 is 19.5 Å². The van der Waals surface area contributed by atoms with E-state index in [0.717, 1.165) is 10.5 Å². The van der Waals surface area contributed by atoms with E-state index in [1.165, 1.54) is 0 Å². The maximum Gasteiger partial charge on any atom is 0.408 e. The molecule has 0 bridgehead atoms. The molecule has 2 rings (SSSR count). The smallest absolute Gasteiger partial charge is 0.408 e. The highest BCUT2D eigenvalue weighted by atomic mass is 35.5. The van der Waals surface area contributed by atoms with Crippen LogP contribution in [-0.2, 0) is 4.79 Å². The molecule has 0 spiro atoms. The van der Waals surface area contributed by atoms with Crippen LogP contribution in [-0.4, -0.2) is 39.5 Å². The zero-order valence-corrected chi connectivity index (χ0v) is 19.1. The molecule has 1 atom stereocenters. The number of benzene rings is 2. The second-order valence-electron chi connectivity index (χ2n) is 8.17. The van der Waals surface area contributed by atoms with E-state index < -0.39 is 29.5 Å². The number of hydrogen-bond acceptors (Lipinski definition) is 3. The highest BCUT2D eigenvalue weighted by Crippen LogP contribution is 2.28.